The lowest BCUT2D eigenvalue weighted by atomic mass is 10.0. The average Bonchev–Trinajstić information content (AvgIpc) is 3.49. The molecule has 0 aliphatic carbocycles. The fourth-order valence-corrected chi connectivity index (χ4v) is 5.35. The van der Waals surface area contributed by atoms with Gasteiger partial charge in [-0.2, -0.15) is 0 Å². The molecule has 1 aliphatic rings. The molecule has 0 unspecified atom stereocenters. The van der Waals surface area contributed by atoms with Gasteiger partial charge >= 0.3 is 0 Å². The van der Waals surface area contributed by atoms with Gasteiger partial charge in [0.15, 0.2) is 11.0 Å². The zero-order valence-corrected chi connectivity index (χ0v) is 18.3. The molecule has 0 bridgehead atoms. The topological polar surface area (TPSA) is 34.0 Å². The van der Waals surface area contributed by atoms with E-state index in [-0.39, 0.29) is 5.25 Å². The van der Waals surface area contributed by atoms with E-state index < -0.39 is 0 Å². The van der Waals surface area contributed by atoms with E-state index in [0.29, 0.717) is 0 Å². The standard InChI is InChI=1S/C26H26N4S/c1-4-12-21(13-5-1)25(22-14-6-2-7-15-22)31-26-28-27-24(20-29-18-10-11-19-29)30(26)23-16-8-3-9-17-23/h1-9,12-17,25H,10-11,18-20H2. The monoisotopic (exact) mass is 426 g/mol. The van der Waals surface area contributed by atoms with Crippen LogP contribution in [0.4, 0.5) is 0 Å². The van der Waals surface area contributed by atoms with Crippen LogP contribution in [0.2, 0.25) is 0 Å². The molecule has 0 N–H and O–H groups in total. The van der Waals surface area contributed by atoms with Gasteiger partial charge in [0, 0.05) is 5.69 Å². The predicted molar refractivity (Wildman–Crippen MR) is 126 cm³/mol. The third-order valence-electron chi connectivity index (χ3n) is 5.71. The maximum absolute atomic E-state index is 4.67. The second kappa shape index (κ2) is 9.50. The van der Waals surface area contributed by atoms with Crippen LogP contribution in [0, 0.1) is 0 Å². The summed E-state index contributed by atoms with van der Waals surface area (Å²) >= 11 is 1.77. The van der Waals surface area contributed by atoms with Gasteiger partial charge in [-0.3, -0.25) is 9.47 Å². The zero-order chi connectivity index (χ0) is 20.9. The molecule has 1 aromatic heterocycles. The number of rotatable bonds is 7. The molecule has 0 radical (unpaired) electrons. The molecule has 0 atom stereocenters. The van der Waals surface area contributed by atoms with Gasteiger partial charge in [0.05, 0.1) is 11.8 Å². The highest BCUT2D eigenvalue weighted by atomic mass is 32.2. The van der Waals surface area contributed by atoms with Crippen molar-refractivity contribution in [3.05, 3.63) is 108 Å². The highest BCUT2D eigenvalue weighted by molar-refractivity contribution is 7.99. The molecule has 0 spiro atoms. The molecule has 0 amide bonds. The summed E-state index contributed by atoms with van der Waals surface area (Å²) in [5.74, 6) is 1.01. The van der Waals surface area contributed by atoms with Crippen molar-refractivity contribution in [1.29, 1.82) is 0 Å². The van der Waals surface area contributed by atoms with Gasteiger partial charge in [0.2, 0.25) is 0 Å². The summed E-state index contributed by atoms with van der Waals surface area (Å²) < 4.78 is 2.24. The number of hydrogen-bond acceptors (Lipinski definition) is 4. The summed E-state index contributed by atoms with van der Waals surface area (Å²) in [5, 5.41) is 10.4. The molecule has 31 heavy (non-hydrogen) atoms. The van der Waals surface area contributed by atoms with Crippen LogP contribution in [0.15, 0.2) is 96.2 Å². The lowest BCUT2D eigenvalue weighted by Crippen LogP contribution is -2.21. The second-order valence-electron chi connectivity index (χ2n) is 7.87. The minimum atomic E-state index is 0.147. The number of likely N-dealkylation sites (tertiary alicyclic amines) is 1. The smallest absolute Gasteiger partial charge is 0.196 e. The van der Waals surface area contributed by atoms with Crippen LogP contribution in [-0.4, -0.2) is 32.8 Å². The van der Waals surface area contributed by atoms with Gasteiger partial charge in [-0.25, -0.2) is 0 Å². The van der Waals surface area contributed by atoms with E-state index >= 15 is 0 Å². The van der Waals surface area contributed by atoms with Crippen molar-refractivity contribution in [3.63, 3.8) is 0 Å². The van der Waals surface area contributed by atoms with Crippen molar-refractivity contribution >= 4 is 11.8 Å². The molecule has 4 nitrogen and oxygen atoms in total. The van der Waals surface area contributed by atoms with Gasteiger partial charge in [0.1, 0.15) is 0 Å². The lowest BCUT2D eigenvalue weighted by molar-refractivity contribution is 0.319. The first-order chi connectivity index (χ1) is 15.4. The van der Waals surface area contributed by atoms with Crippen LogP contribution in [0.1, 0.15) is 35.0 Å². The van der Waals surface area contributed by atoms with Crippen molar-refractivity contribution in [3.8, 4) is 5.69 Å². The first-order valence-electron chi connectivity index (χ1n) is 10.9. The van der Waals surface area contributed by atoms with Crippen molar-refractivity contribution in [2.75, 3.05) is 13.1 Å². The molecule has 4 aromatic rings. The maximum Gasteiger partial charge on any atom is 0.196 e. The summed E-state index contributed by atoms with van der Waals surface area (Å²) in [4.78, 5) is 2.48. The molecule has 0 saturated carbocycles. The zero-order valence-electron chi connectivity index (χ0n) is 17.5. The summed E-state index contributed by atoms with van der Waals surface area (Å²) in [5.41, 5.74) is 3.65. The van der Waals surface area contributed by atoms with Gasteiger partial charge in [-0.15, -0.1) is 10.2 Å². The average molecular weight is 427 g/mol. The Morgan fingerprint density at radius 3 is 1.84 bits per heavy atom. The third kappa shape index (κ3) is 4.58. The van der Waals surface area contributed by atoms with E-state index in [4.69, 9.17) is 0 Å². The van der Waals surface area contributed by atoms with E-state index in [0.717, 1.165) is 36.3 Å². The van der Waals surface area contributed by atoms with E-state index in [1.807, 2.05) is 0 Å². The minimum Gasteiger partial charge on any atom is -0.296 e. The highest BCUT2D eigenvalue weighted by Gasteiger charge is 2.23. The Kier molecular flexibility index (Phi) is 6.14. The van der Waals surface area contributed by atoms with Crippen molar-refractivity contribution < 1.29 is 0 Å². The quantitative estimate of drug-likeness (QED) is 0.353. The van der Waals surface area contributed by atoms with E-state index in [9.17, 15) is 0 Å². The first-order valence-corrected chi connectivity index (χ1v) is 11.7. The second-order valence-corrected chi connectivity index (χ2v) is 8.94. The third-order valence-corrected chi connectivity index (χ3v) is 6.96. The van der Waals surface area contributed by atoms with E-state index in [2.05, 4.69) is 111 Å². The predicted octanol–water partition coefficient (Wildman–Crippen LogP) is 5.74. The van der Waals surface area contributed by atoms with Crippen LogP contribution in [-0.2, 0) is 6.54 Å². The van der Waals surface area contributed by atoms with Crippen LogP contribution in [0.5, 0.6) is 0 Å². The van der Waals surface area contributed by atoms with Crippen LogP contribution < -0.4 is 0 Å². The van der Waals surface area contributed by atoms with Gasteiger partial charge in [-0.1, -0.05) is 90.6 Å². The van der Waals surface area contributed by atoms with E-state index in [1.165, 1.54) is 24.0 Å². The molecular formula is C26H26N4S. The molecule has 3 aromatic carbocycles. The van der Waals surface area contributed by atoms with Crippen molar-refractivity contribution in [2.24, 2.45) is 0 Å². The summed E-state index contributed by atoms with van der Waals surface area (Å²) in [6, 6.07) is 31.8. The maximum atomic E-state index is 4.67. The molecule has 5 heteroatoms. The number of aromatic nitrogens is 3. The molecular weight excluding hydrogens is 400 g/mol. The van der Waals surface area contributed by atoms with Crippen molar-refractivity contribution in [1.82, 2.24) is 19.7 Å². The van der Waals surface area contributed by atoms with Gasteiger partial charge in [-0.05, 0) is 49.2 Å². The number of hydrogen-bond donors (Lipinski definition) is 0. The van der Waals surface area contributed by atoms with Gasteiger partial charge in [0.25, 0.3) is 0 Å². The fraction of sp³-hybridized carbons (Fsp3) is 0.231. The van der Waals surface area contributed by atoms with Gasteiger partial charge < -0.3 is 0 Å². The lowest BCUT2D eigenvalue weighted by Gasteiger charge is -2.19. The Morgan fingerprint density at radius 2 is 1.26 bits per heavy atom. The Morgan fingerprint density at radius 1 is 0.710 bits per heavy atom. The number of nitrogens with zero attached hydrogens (tertiary/aromatic N) is 4. The normalized spacial score (nSPS) is 14.4. The molecule has 1 aliphatic heterocycles. The highest BCUT2D eigenvalue weighted by Crippen LogP contribution is 2.40. The minimum absolute atomic E-state index is 0.147. The molecule has 5 rings (SSSR count). The van der Waals surface area contributed by atoms with Crippen LogP contribution in [0.25, 0.3) is 5.69 Å². The van der Waals surface area contributed by atoms with Crippen LogP contribution in [0.3, 0.4) is 0 Å². The molecule has 156 valence electrons. The summed E-state index contributed by atoms with van der Waals surface area (Å²) in [6.07, 6.45) is 2.54. The summed E-state index contributed by atoms with van der Waals surface area (Å²) in [7, 11) is 0. The van der Waals surface area contributed by atoms with Crippen molar-refractivity contribution in [2.45, 2.75) is 29.8 Å². The van der Waals surface area contributed by atoms with E-state index in [1.54, 1.807) is 11.8 Å². The number of para-hydroxylation sites is 1. The molecule has 1 fully saturated rings. The fourth-order valence-electron chi connectivity index (χ4n) is 4.15. The Labute approximate surface area is 187 Å². The molecule has 1 saturated heterocycles. The number of thioether (sulfide) groups is 1. The number of benzene rings is 3. The largest absolute Gasteiger partial charge is 0.296 e. The Balaban J connectivity index is 1.54. The van der Waals surface area contributed by atoms with Crippen LogP contribution >= 0.6 is 11.8 Å². The summed E-state index contributed by atoms with van der Waals surface area (Å²) in [6.45, 7) is 3.12. The first kappa shape index (κ1) is 20.0. The molecule has 2 heterocycles. The SMILES string of the molecule is c1ccc(C(Sc2nnc(CN3CCCC3)n2-c2ccccc2)c2ccccc2)cc1. The Hall–Kier alpha value is -2.89. The Bertz CT molecular complexity index is 1050.